The van der Waals surface area contributed by atoms with Crippen molar-refractivity contribution in [2.45, 2.75) is 26.7 Å². The Morgan fingerprint density at radius 2 is 1.78 bits per heavy atom. The molecule has 0 heterocycles. The Morgan fingerprint density at radius 3 is 2.43 bits per heavy atom. The van der Waals surface area contributed by atoms with Gasteiger partial charge >= 0.3 is 0 Å². The summed E-state index contributed by atoms with van der Waals surface area (Å²) in [5.74, 6) is 0.615. The summed E-state index contributed by atoms with van der Waals surface area (Å²) in [5, 5.41) is 4.00. The van der Waals surface area contributed by atoms with Gasteiger partial charge in [-0.1, -0.05) is 55.5 Å². The molecule has 4 heteroatoms. The van der Waals surface area contributed by atoms with E-state index in [-0.39, 0.29) is 18.4 Å². The number of hydrazone groups is 1. The number of carbonyl (C=O) groups excluding carboxylic acids is 1. The number of para-hydroxylation sites is 1. The molecule has 0 radical (unpaired) electrons. The lowest BCUT2D eigenvalue weighted by molar-refractivity contribution is -0.123. The number of rotatable bonds is 6. The molecule has 0 spiro atoms. The van der Waals surface area contributed by atoms with Crippen molar-refractivity contribution in [2.24, 2.45) is 5.10 Å². The first-order chi connectivity index (χ1) is 11.1. The van der Waals surface area contributed by atoms with Gasteiger partial charge < -0.3 is 4.74 Å². The minimum atomic E-state index is -0.274. The van der Waals surface area contributed by atoms with Gasteiger partial charge in [0.2, 0.25) is 0 Å². The molecule has 2 rings (SSSR count). The largest absolute Gasteiger partial charge is 0.483 e. The minimum Gasteiger partial charge on any atom is -0.483 e. The molecule has 120 valence electrons. The average Bonchev–Trinajstić information content (AvgIpc) is 2.55. The van der Waals surface area contributed by atoms with E-state index in [4.69, 9.17) is 4.74 Å². The molecule has 4 nitrogen and oxygen atoms in total. The Bertz CT molecular complexity index is 661. The van der Waals surface area contributed by atoms with E-state index in [2.05, 4.69) is 10.5 Å². The molecule has 0 saturated heterocycles. The molecule has 1 atom stereocenters. The van der Waals surface area contributed by atoms with Crippen LogP contribution in [0.2, 0.25) is 0 Å². The van der Waals surface area contributed by atoms with Crippen molar-refractivity contribution in [3.05, 3.63) is 65.2 Å². The van der Waals surface area contributed by atoms with E-state index in [0.29, 0.717) is 0 Å². The third-order valence-corrected chi connectivity index (χ3v) is 3.57. The molecule has 0 aliphatic rings. The third-order valence-electron chi connectivity index (χ3n) is 3.57. The van der Waals surface area contributed by atoms with Crippen molar-refractivity contribution >= 4 is 12.1 Å². The van der Waals surface area contributed by atoms with E-state index in [1.54, 1.807) is 6.21 Å². The highest BCUT2D eigenvalue weighted by Crippen LogP contribution is 2.21. The van der Waals surface area contributed by atoms with Crippen LogP contribution in [-0.4, -0.2) is 18.7 Å². The van der Waals surface area contributed by atoms with Crippen molar-refractivity contribution in [3.8, 4) is 5.75 Å². The zero-order valence-electron chi connectivity index (χ0n) is 13.7. The summed E-state index contributed by atoms with van der Waals surface area (Å²) in [5.41, 5.74) is 5.67. The number of ether oxygens (including phenoxy) is 1. The molecule has 1 N–H and O–H groups in total. The molecular weight excluding hydrogens is 288 g/mol. The first-order valence-electron chi connectivity index (χ1n) is 7.64. The van der Waals surface area contributed by atoms with Gasteiger partial charge in [0, 0.05) is 12.1 Å². The number of aryl methyl sites for hydroxylation is 2. The normalized spacial score (nSPS) is 12.1. The van der Waals surface area contributed by atoms with Crippen molar-refractivity contribution in [2.75, 3.05) is 6.61 Å². The fraction of sp³-hybridized carbons (Fsp3) is 0.263. The van der Waals surface area contributed by atoms with Gasteiger partial charge in [-0.3, -0.25) is 4.79 Å². The summed E-state index contributed by atoms with van der Waals surface area (Å²) in [6.07, 6.45) is 1.71. The summed E-state index contributed by atoms with van der Waals surface area (Å²) in [6, 6.07) is 15.9. The van der Waals surface area contributed by atoms with Gasteiger partial charge in [0.1, 0.15) is 5.75 Å². The molecule has 0 saturated carbocycles. The highest BCUT2D eigenvalue weighted by molar-refractivity contribution is 5.79. The zero-order chi connectivity index (χ0) is 16.7. The van der Waals surface area contributed by atoms with Crippen LogP contribution in [0.15, 0.2) is 53.6 Å². The van der Waals surface area contributed by atoms with Gasteiger partial charge in [-0.25, -0.2) is 5.43 Å². The fourth-order valence-electron chi connectivity index (χ4n) is 2.26. The van der Waals surface area contributed by atoms with Gasteiger partial charge in [0.15, 0.2) is 6.61 Å². The highest BCUT2D eigenvalue weighted by atomic mass is 16.5. The van der Waals surface area contributed by atoms with Gasteiger partial charge in [0.05, 0.1) is 0 Å². The standard InChI is InChI=1S/C19H22N2O2/c1-14-8-7-9-15(2)19(14)23-13-18(22)21-20-12-16(3)17-10-5-4-6-11-17/h4-12,16H,13H2,1-3H3,(H,21,22)/b20-12-/t16-/m0/s1. The van der Waals surface area contributed by atoms with E-state index in [9.17, 15) is 4.79 Å². The minimum absolute atomic E-state index is 0.0528. The van der Waals surface area contributed by atoms with E-state index in [1.165, 1.54) is 0 Å². The molecule has 0 aromatic heterocycles. The maximum atomic E-state index is 11.8. The number of carbonyl (C=O) groups is 1. The number of hydrogen-bond donors (Lipinski definition) is 1. The smallest absolute Gasteiger partial charge is 0.277 e. The topological polar surface area (TPSA) is 50.7 Å². The van der Waals surface area contributed by atoms with Crippen LogP contribution in [-0.2, 0) is 4.79 Å². The summed E-state index contributed by atoms with van der Waals surface area (Å²) >= 11 is 0. The molecule has 0 aliphatic heterocycles. The van der Waals surface area contributed by atoms with Gasteiger partial charge in [-0.2, -0.15) is 5.10 Å². The van der Waals surface area contributed by atoms with Crippen LogP contribution in [0.1, 0.15) is 29.5 Å². The second-order valence-electron chi connectivity index (χ2n) is 5.52. The second kappa shape index (κ2) is 8.13. The number of hydrogen-bond acceptors (Lipinski definition) is 3. The maximum absolute atomic E-state index is 11.8. The average molecular weight is 310 g/mol. The van der Waals surface area contributed by atoms with E-state index in [0.717, 1.165) is 22.4 Å². The number of nitrogens with one attached hydrogen (secondary N) is 1. The van der Waals surface area contributed by atoms with Crippen LogP contribution in [0, 0.1) is 13.8 Å². The number of nitrogens with zero attached hydrogens (tertiary/aromatic N) is 1. The molecule has 0 bridgehead atoms. The molecule has 0 unspecified atom stereocenters. The summed E-state index contributed by atoms with van der Waals surface area (Å²) in [6.45, 7) is 5.89. The van der Waals surface area contributed by atoms with Gasteiger partial charge in [-0.15, -0.1) is 0 Å². The Morgan fingerprint density at radius 1 is 1.13 bits per heavy atom. The van der Waals surface area contributed by atoms with Crippen LogP contribution < -0.4 is 10.2 Å². The molecule has 1 amide bonds. The number of benzene rings is 2. The quantitative estimate of drug-likeness (QED) is 0.655. The first-order valence-corrected chi connectivity index (χ1v) is 7.64. The highest BCUT2D eigenvalue weighted by Gasteiger charge is 2.07. The number of amides is 1. The SMILES string of the molecule is Cc1cccc(C)c1OCC(=O)N/N=C\[C@H](C)c1ccccc1. The first kappa shape index (κ1) is 16.7. The van der Waals surface area contributed by atoms with Gasteiger partial charge in [-0.05, 0) is 30.5 Å². The lowest BCUT2D eigenvalue weighted by atomic mass is 10.0. The van der Waals surface area contributed by atoms with E-state index >= 15 is 0 Å². The summed E-state index contributed by atoms with van der Waals surface area (Å²) in [7, 11) is 0. The van der Waals surface area contributed by atoms with Crippen molar-refractivity contribution in [1.82, 2.24) is 5.43 Å². The Kier molecular flexibility index (Phi) is 5.92. The van der Waals surface area contributed by atoms with E-state index < -0.39 is 0 Å². The molecular formula is C19H22N2O2. The molecule has 0 fully saturated rings. The molecule has 0 aliphatic carbocycles. The van der Waals surface area contributed by atoms with E-state index in [1.807, 2.05) is 69.3 Å². The van der Waals surface area contributed by atoms with Crippen LogP contribution in [0.25, 0.3) is 0 Å². The van der Waals surface area contributed by atoms with Gasteiger partial charge in [0.25, 0.3) is 5.91 Å². The third kappa shape index (κ3) is 4.95. The molecule has 2 aromatic rings. The van der Waals surface area contributed by atoms with Crippen molar-refractivity contribution < 1.29 is 9.53 Å². The maximum Gasteiger partial charge on any atom is 0.277 e. The van der Waals surface area contributed by atoms with Crippen molar-refractivity contribution in [1.29, 1.82) is 0 Å². The summed E-state index contributed by atoms with van der Waals surface area (Å²) in [4.78, 5) is 11.8. The lowest BCUT2D eigenvalue weighted by Gasteiger charge is -2.11. The second-order valence-corrected chi connectivity index (χ2v) is 5.52. The fourth-order valence-corrected chi connectivity index (χ4v) is 2.26. The predicted molar refractivity (Wildman–Crippen MR) is 92.9 cm³/mol. The Labute approximate surface area is 137 Å². The zero-order valence-corrected chi connectivity index (χ0v) is 13.7. The molecule has 23 heavy (non-hydrogen) atoms. The Balaban J connectivity index is 1.82. The summed E-state index contributed by atoms with van der Waals surface area (Å²) < 4.78 is 5.59. The van der Waals surface area contributed by atoms with Crippen LogP contribution in [0.4, 0.5) is 0 Å². The Hall–Kier alpha value is -2.62. The monoisotopic (exact) mass is 310 g/mol. The van der Waals surface area contributed by atoms with Crippen LogP contribution >= 0.6 is 0 Å². The van der Waals surface area contributed by atoms with Crippen LogP contribution in [0.3, 0.4) is 0 Å². The predicted octanol–water partition coefficient (Wildman–Crippen LogP) is 3.59. The van der Waals surface area contributed by atoms with Crippen LogP contribution in [0.5, 0.6) is 5.75 Å². The van der Waals surface area contributed by atoms with Crippen molar-refractivity contribution in [3.63, 3.8) is 0 Å². The molecule has 2 aromatic carbocycles. The lowest BCUT2D eigenvalue weighted by Crippen LogP contribution is -2.25.